The summed E-state index contributed by atoms with van der Waals surface area (Å²) < 4.78 is 47.7. The molecule has 1 amide bonds. The molecule has 0 saturated carbocycles. The van der Waals surface area contributed by atoms with E-state index in [-0.39, 0.29) is 12.5 Å². The van der Waals surface area contributed by atoms with Gasteiger partial charge in [0.15, 0.2) is 6.29 Å². The van der Waals surface area contributed by atoms with E-state index in [4.69, 9.17) is 9.47 Å². The van der Waals surface area contributed by atoms with Crippen LogP contribution in [0.4, 0.5) is 0 Å². The number of nitrogens with one attached hydrogen (secondary N) is 1. The van der Waals surface area contributed by atoms with Gasteiger partial charge in [-0.15, -0.1) is 0 Å². The number of ether oxygens (including phenoxy) is 2. The lowest BCUT2D eigenvalue weighted by molar-refractivity contribution is -0.298. The minimum Gasteiger partial charge on any atom is -0.394 e. The molecule has 7 unspecified atom stereocenters. The lowest BCUT2D eigenvalue weighted by Crippen LogP contribution is -2.61. The second-order valence-electron chi connectivity index (χ2n) is 18.5. The molecule has 6 N–H and O–H groups in total. The van der Waals surface area contributed by atoms with Gasteiger partial charge < -0.3 is 35.2 Å². The van der Waals surface area contributed by atoms with Crippen LogP contribution in [0.2, 0.25) is 0 Å². The fourth-order valence-corrected chi connectivity index (χ4v) is 9.15. The van der Waals surface area contributed by atoms with Crippen molar-refractivity contribution in [3.8, 4) is 0 Å². The first-order chi connectivity index (χ1) is 30.0. The lowest BCUT2D eigenvalue weighted by Gasteiger charge is -2.41. The molecular weight excluding hydrogens is 811 g/mol. The Labute approximate surface area is 379 Å². The molecule has 7 atom stereocenters. The van der Waals surface area contributed by atoms with Gasteiger partial charge in [0.1, 0.15) is 24.4 Å². The van der Waals surface area contributed by atoms with Gasteiger partial charge in [-0.25, -0.2) is 4.18 Å². The maximum atomic E-state index is 13.1. The van der Waals surface area contributed by atoms with Gasteiger partial charge in [-0.2, -0.15) is 8.42 Å². The smallest absolute Gasteiger partial charge is 0.394 e. The average Bonchev–Trinajstić information content (AvgIpc) is 3.24. The average molecular weight is 908 g/mol. The Balaban J connectivity index is 2.39. The number of amides is 1. The van der Waals surface area contributed by atoms with Crippen LogP contribution >= 0.6 is 0 Å². The van der Waals surface area contributed by atoms with E-state index in [2.05, 4.69) is 23.3 Å². The predicted octanol–water partition coefficient (Wildman–Crippen LogP) is 10.9. The predicted molar refractivity (Wildman–Crippen MR) is 250 cm³/mol. The van der Waals surface area contributed by atoms with Crippen LogP contribution < -0.4 is 5.32 Å². The highest BCUT2D eigenvalue weighted by Gasteiger charge is 2.48. The topological polar surface area (TPSA) is 192 Å². The molecule has 0 aromatic heterocycles. The third-order valence-corrected chi connectivity index (χ3v) is 13.1. The Hall–Kier alpha value is -0.900. The SMILES string of the molecule is CCCCCCCCCCCCCCCCCCCCCCCCC(O)C(COC1OC(CO)C(O)C(OS(=O)(=O)O)C1O)NC(=O)CCCCCCCCCCCCCCC. The van der Waals surface area contributed by atoms with Crippen LogP contribution in [0, 0.1) is 0 Å². The molecule has 1 heterocycles. The van der Waals surface area contributed by atoms with Crippen LogP contribution in [0.25, 0.3) is 0 Å². The lowest BCUT2D eigenvalue weighted by atomic mass is 9.99. The molecular formula is C49H97NO11S. The molecule has 13 heteroatoms. The molecule has 1 rings (SSSR count). The van der Waals surface area contributed by atoms with Crippen LogP contribution in [0.1, 0.15) is 251 Å². The highest BCUT2D eigenvalue weighted by molar-refractivity contribution is 7.80. The maximum absolute atomic E-state index is 13.1. The standard InChI is InChI=1S/C49H97NO11S/c1-3-5-7-9-11-13-15-17-18-19-20-21-22-23-24-25-27-28-30-32-34-36-38-43(52)42(41-59-49-47(55)48(61-62(56,57)58)46(54)44(40-51)60-49)50-45(53)39-37-35-33-31-29-26-16-14-12-10-8-6-4-2/h42-44,46-49,51-52,54-55H,3-41H2,1-2H3,(H,50,53)(H,56,57,58). The number of unbranched alkanes of at least 4 members (excludes halogenated alkanes) is 33. The van der Waals surface area contributed by atoms with Gasteiger partial charge >= 0.3 is 10.4 Å². The number of aliphatic hydroxyl groups excluding tert-OH is 4. The van der Waals surface area contributed by atoms with Crippen molar-refractivity contribution in [1.29, 1.82) is 0 Å². The van der Waals surface area contributed by atoms with E-state index in [9.17, 15) is 38.2 Å². The summed E-state index contributed by atoms with van der Waals surface area (Å²) in [5.41, 5.74) is 0. The summed E-state index contributed by atoms with van der Waals surface area (Å²) in [6, 6.07) is -0.851. The van der Waals surface area contributed by atoms with Gasteiger partial charge in [0.05, 0.1) is 25.4 Å². The second-order valence-corrected chi connectivity index (χ2v) is 19.5. The van der Waals surface area contributed by atoms with Crippen molar-refractivity contribution in [2.24, 2.45) is 0 Å². The summed E-state index contributed by atoms with van der Waals surface area (Å²) in [5.74, 6) is -0.226. The Morgan fingerprint density at radius 3 is 1.29 bits per heavy atom. The van der Waals surface area contributed by atoms with Gasteiger partial charge in [-0.3, -0.25) is 9.35 Å². The van der Waals surface area contributed by atoms with Crippen LogP contribution in [0.3, 0.4) is 0 Å². The van der Waals surface area contributed by atoms with E-state index in [1.165, 1.54) is 173 Å². The van der Waals surface area contributed by atoms with Gasteiger partial charge in [0.2, 0.25) is 5.91 Å². The van der Waals surface area contributed by atoms with Crippen molar-refractivity contribution in [3.63, 3.8) is 0 Å². The van der Waals surface area contributed by atoms with Gasteiger partial charge in [-0.05, 0) is 12.8 Å². The molecule has 0 radical (unpaired) electrons. The number of carbonyl (C=O) groups is 1. The third kappa shape index (κ3) is 32.7. The summed E-state index contributed by atoms with van der Waals surface area (Å²) in [4.78, 5) is 13.1. The second kappa shape index (κ2) is 40.4. The van der Waals surface area contributed by atoms with Crippen molar-refractivity contribution in [2.45, 2.75) is 294 Å². The summed E-state index contributed by atoms with van der Waals surface area (Å²) >= 11 is 0. The fourth-order valence-electron chi connectivity index (χ4n) is 8.64. The van der Waals surface area contributed by atoms with Crippen molar-refractivity contribution in [2.75, 3.05) is 13.2 Å². The zero-order chi connectivity index (χ0) is 45.5. The third-order valence-electron chi connectivity index (χ3n) is 12.7. The van der Waals surface area contributed by atoms with Crippen LogP contribution in [0.5, 0.6) is 0 Å². The molecule has 0 aromatic rings. The molecule has 12 nitrogen and oxygen atoms in total. The zero-order valence-electron chi connectivity index (χ0n) is 39.7. The van der Waals surface area contributed by atoms with Crippen LogP contribution in [-0.2, 0) is 28.9 Å². The number of hydrogen-bond donors (Lipinski definition) is 6. The van der Waals surface area contributed by atoms with Crippen molar-refractivity contribution < 1.29 is 51.8 Å². The number of rotatable bonds is 45. The summed E-state index contributed by atoms with van der Waals surface area (Å²) in [7, 11) is -5.07. The Morgan fingerprint density at radius 2 is 0.935 bits per heavy atom. The molecule has 370 valence electrons. The molecule has 1 aliphatic heterocycles. The summed E-state index contributed by atoms with van der Waals surface area (Å²) in [5, 5.41) is 45.0. The molecule has 1 fully saturated rings. The van der Waals surface area contributed by atoms with E-state index in [0.29, 0.717) is 12.8 Å². The minimum absolute atomic E-state index is 0.226. The van der Waals surface area contributed by atoms with Crippen LogP contribution in [0.15, 0.2) is 0 Å². The fraction of sp³-hybridized carbons (Fsp3) is 0.980. The monoisotopic (exact) mass is 908 g/mol. The summed E-state index contributed by atoms with van der Waals surface area (Å²) in [6.07, 6.45) is 35.3. The normalized spacial score (nSPS) is 20.4. The van der Waals surface area contributed by atoms with Gasteiger partial charge in [0, 0.05) is 6.42 Å². The molecule has 0 spiro atoms. The highest BCUT2D eigenvalue weighted by atomic mass is 32.3. The summed E-state index contributed by atoms with van der Waals surface area (Å²) in [6.45, 7) is 3.47. The van der Waals surface area contributed by atoms with Crippen LogP contribution in [-0.4, -0.2) is 95.4 Å². The largest absolute Gasteiger partial charge is 0.397 e. The highest BCUT2D eigenvalue weighted by Crippen LogP contribution is 2.26. The number of aliphatic hydroxyl groups is 4. The van der Waals surface area contributed by atoms with Crippen molar-refractivity contribution >= 4 is 16.3 Å². The molecule has 1 saturated heterocycles. The van der Waals surface area contributed by atoms with E-state index >= 15 is 0 Å². The molecule has 1 aliphatic rings. The Kier molecular flexibility index (Phi) is 38.5. The minimum atomic E-state index is -5.07. The van der Waals surface area contributed by atoms with Crippen molar-refractivity contribution in [3.05, 3.63) is 0 Å². The Bertz CT molecular complexity index is 1120. The quantitative estimate of drug-likeness (QED) is 0.0252. The van der Waals surface area contributed by atoms with Gasteiger partial charge in [0.25, 0.3) is 0 Å². The first-order valence-electron chi connectivity index (χ1n) is 25.9. The van der Waals surface area contributed by atoms with E-state index in [1.54, 1.807) is 0 Å². The van der Waals surface area contributed by atoms with E-state index in [1.807, 2.05) is 0 Å². The van der Waals surface area contributed by atoms with E-state index in [0.717, 1.165) is 51.4 Å². The van der Waals surface area contributed by atoms with Gasteiger partial charge in [-0.1, -0.05) is 232 Å². The molecule has 62 heavy (non-hydrogen) atoms. The Morgan fingerprint density at radius 1 is 0.581 bits per heavy atom. The molecule has 0 aromatic carbocycles. The first-order valence-corrected chi connectivity index (χ1v) is 27.3. The maximum Gasteiger partial charge on any atom is 0.397 e. The first kappa shape index (κ1) is 59.1. The molecule has 0 aliphatic carbocycles. The molecule has 0 bridgehead atoms. The number of carbonyl (C=O) groups excluding carboxylic acids is 1. The van der Waals surface area contributed by atoms with E-state index < -0.39 is 59.9 Å². The van der Waals surface area contributed by atoms with Crippen molar-refractivity contribution in [1.82, 2.24) is 5.32 Å². The zero-order valence-corrected chi connectivity index (χ0v) is 40.5. The number of hydrogen-bond acceptors (Lipinski definition) is 10.